The maximum Gasteiger partial charge on any atom is 0.229 e. The Labute approximate surface area is 281 Å². The van der Waals surface area contributed by atoms with E-state index in [9.17, 15) is 4.79 Å². The minimum Gasteiger partial charge on any atom is -0.492 e. The Morgan fingerprint density at radius 1 is 1.02 bits per heavy atom. The molecule has 0 bridgehead atoms. The van der Waals surface area contributed by atoms with Crippen LogP contribution in [0.4, 0.5) is 5.82 Å². The first-order chi connectivity index (χ1) is 22.5. The van der Waals surface area contributed by atoms with Crippen LogP contribution in [-0.4, -0.2) is 70.4 Å². The van der Waals surface area contributed by atoms with Crippen molar-refractivity contribution in [2.75, 3.05) is 44.8 Å². The van der Waals surface area contributed by atoms with Crippen LogP contribution in [-0.2, 0) is 21.4 Å². The summed E-state index contributed by atoms with van der Waals surface area (Å²) in [5.41, 5.74) is 2.69. The first-order valence-electron chi connectivity index (χ1n) is 16.0. The molecule has 2 aromatic heterocycles. The molecule has 3 N–H and O–H groups in total. The number of benzene rings is 2. The molecule has 0 unspecified atom stereocenters. The highest BCUT2D eigenvalue weighted by molar-refractivity contribution is 7.99. The number of anilines is 1. The van der Waals surface area contributed by atoms with Crippen molar-refractivity contribution in [2.24, 2.45) is 5.92 Å². The van der Waals surface area contributed by atoms with E-state index < -0.39 is 0 Å². The maximum atomic E-state index is 13.3. The molecule has 0 aliphatic carbocycles. The Morgan fingerprint density at radius 3 is 2.36 bits per heavy atom. The Bertz CT molecular complexity index is 1730. The normalized spacial score (nSPS) is 13.9. The number of nitrogens with zero attached hydrogens (tertiary/aromatic N) is 4. The lowest BCUT2D eigenvalue weighted by Gasteiger charge is -2.26. The number of hydrogen-bond donors (Lipinski definition) is 3. The van der Waals surface area contributed by atoms with Gasteiger partial charge in [-0.15, -0.1) is 0 Å². The number of ether oxygens (including phenoxy) is 2. The molecule has 3 heterocycles. The zero-order valence-electron chi connectivity index (χ0n) is 27.9. The van der Waals surface area contributed by atoms with Crippen LogP contribution in [0.5, 0.6) is 5.75 Å². The van der Waals surface area contributed by atoms with E-state index in [1.165, 1.54) is 0 Å². The molecule has 1 amide bonds. The van der Waals surface area contributed by atoms with Gasteiger partial charge in [-0.1, -0.05) is 58.5 Å². The molecule has 2 aromatic carbocycles. The molecule has 47 heavy (non-hydrogen) atoms. The summed E-state index contributed by atoms with van der Waals surface area (Å²) < 4.78 is 14.8. The summed E-state index contributed by atoms with van der Waals surface area (Å²) in [7, 11) is 0. The van der Waals surface area contributed by atoms with Crippen molar-refractivity contribution in [3.8, 4) is 11.4 Å². The van der Waals surface area contributed by atoms with E-state index in [0.29, 0.717) is 18.3 Å². The van der Waals surface area contributed by atoms with Crippen molar-refractivity contribution in [2.45, 2.75) is 56.2 Å². The van der Waals surface area contributed by atoms with Crippen LogP contribution >= 0.6 is 11.8 Å². The molecular formula is C36H45N7O3S. The molecule has 1 aliphatic heterocycles. The average molecular weight is 656 g/mol. The fourth-order valence-electron chi connectivity index (χ4n) is 5.04. The summed E-state index contributed by atoms with van der Waals surface area (Å²) in [5, 5.41) is 24.4. The van der Waals surface area contributed by atoms with Gasteiger partial charge in [-0.25, -0.2) is 4.68 Å². The lowest BCUT2D eigenvalue weighted by atomic mass is 9.92. The Morgan fingerprint density at radius 2 is 1.70 bits per heavy atom. The molecule has 1 aliphatic rings. The molecule has 5 rings (SSSR count). The highest BCUT2D eigenvalue weighted by Gasteiger charge is 2.22. The maximum absolute atomic E-state index is 13.3. The molecule has 0 atom stereocenters. The van der Waals surface area contributed by atoms with E-state index in [-0.39, 0.29) is 29.1 Å². The smallest absolute Gasteiger partial charge is 0.229 e. The summed E-state index contributed by atoms with van der Waals surface area (Å²) in [6.07, 6.45) is 2.05. The van der Waals surface area contributed by atoms with Gasteiger partial charge < -0.3 is 14.8 Å². The Balaban J connectivity index is 1.22. The highest BCUT2D eigenvalue weighted by atomic mass is 32.2. The number of amides is 1. The summed E-state index contributed by atoms with van der Waals surface area (Å²) >= 11 is 1.56. The molecule has 4 aromatic rings. The molecule has 10 nitrogen and oxygen atoms in total. The predicted octanol–water partition coefficient (Wildman–Crippen LogP) is 5.98. The van der Waals surface area contributed by atoms with Crippen molar-refractivity contribution in [1.82, 2.24) is 19.2 Å². The fraction of sp³-hybridized carbons (Fsp3) is 0.389. The van der Waals surface area contributed by atoms with E-state index in [1.54, 1.807) is 27.1 Å². The van der Waals surface area contributed by atoms with Gasteiger partial charge >= 0.3 is 0 Å². The predicted molar refractivity (Wildman–Crippen MR) is 186 cm³/mol. The summed E-state index contributed by atoms with van der Waals surface area (Å²) in [5.74, 6) is 1.68. The second-order valence-electron chi connectivity index (χ2n) is 13.0. The minimum absolute atomic E-state index is 0.0181. The van der Waals surface area contributed by atoms with E-state index in [0.717, 1.165) is 65.3 Å². The second kappa shape index (κ2) is 15.1. The lowest BCUT2D eigenvalue weighted by Crippen LogP contribution is -2.38. The molecule has 0 radical (unpaired) electrons. The van der Waals surface area contributed by atoms with Gasteiger partial charge in [0.25, 0.3) is 0 Å². The number of carbonyl (C=O) groups excluding carboxylic acids is 1. The number of hydrogen-bond acceptors (Lipinski definition) is 8. The molecule has 11 heteroatoms. The number of aromatic nitrogens is 3. The first kappa shape index (κ1) is 34.2. The summed E-state index contributed by atoms with van der Waals surface area (Å²) in [6, 6.07) is 21.2. The van der Waals surface area contributed by atoms with Crippen molar-refractivity contribution in [1.29, 1.82) is 10.8 Å². The number of nitrogens with one attached hydrogen (secondary N) is 3. The molecular weight excluding hydrogens is 611 g/mol. The standard InChI is InChI=1S/C36H45N7O3S/c1-25(2)35(38)42-24-30(14-15-32(42)37)47-29-12-6-26(7-13-29)22-34(44)39-33-23-31(36(3,4)5)40-43(33)27-8-10-28(11-9-27)46-21-18-41-16-19-45-20-17-41/h6-15,23-25,37-38H,16-22H2,1-5H3,(H,39,44). The van der Waals surface area contributed by atoms with Crippen LogP contribution < -0.4 is 15.5 Å². The SMILES string of the molecule is CC(C)C(=N)n1cc(Sc2ccc(CC(=O)Nc3cc(C(C)(C)C)nn3-c3ccc(OCCN4CCOCC4)cc3)cc2)ccc1=N. The highest BCUT2D eigenvalue weighted by Crippen LogP contribution is 2.29. The number of carbonyl (C=O) groups is 1. The van der Waals surface area contributed by atoms with Crippen LogP contribution in [0, 0.1) is 16.7 Å². The van der Waals surface area contributed by atoms with Crippen molar-refractivity contribution in [3.63, 3.8) is 0 Å². The first-order valence-corrected chi connectivity index (χ1v) is 16.8. The van der Waals surface area contributed by atoms with Crippen molar-refractivity contribution < 1.29 is 14.3 Å². The topological polar surface area (TPSA) is 121 Å². The third kappa shape index (κ3) is 9.21. The van der Waals surface area contributed by atoms with E-state index in [4.69, 9.17) is 25.4 Å². The third-order valence-electron chi connectivity index (χ3n) is 7.86. The van der Waals surface area contributed by atoms with Gasteiger partial charge in [0, 0.05) is 53.0 Å². The molecule has 248 valence electrons. The Hall–Kier alpha value is -4.19. The van der Waals surface area contributed by atoms with Crippen LogP contribution in [0.25, 0.3) is 5.69 Å². The summed E-state index contributed by atoms with van der Waals surface area (Å²) in [6.45, 7) is 15.1. The van der Waals surface area contributed by atoms with Gasteiger partial charge in [0.2, 0.25) is 5.91 Å². The van der Waals surface area contributed by atoms with E-state index >= 15 is 0 Å². The van der Waals surface area contributed by atoms with Crippen molar-refractivity contribution in [3.05, 3.63) is 89.7 Å². The van der Waals surface area contributed by atoms with Gasteiger partial charge in [-0.3, -0.25) is 25.1 Å². The van der Waals surface area contributed by atoms with Crippen LogP contribution in [0.2, 0.25) is 0 Å². The van der Waals surface area contributed by atoms with Gasteiger partial charge in [0.15, 0.2) is 0 Å². The monoisotopic (exact) mass is 655 g/mol. The molecule has 0 spiro atoms. The quantitative estimate of drug-likeness (QED) is 0.135. The fourth-order valence-corrected chi connectivity index (χ4v) is 5.88. The number of pyridine rings is 1. The van der Waals surface area contributed by atoms with Gasteiger partial charge in [-0.05, 0) is 54.1 Å². The van der Waals surface area contributed by atoms with Gasteiger partial charge in [0.1, 0.15) is 29.5 Å². The van der Waals surface area contributed by atoms with Gasteiger partial charge in [-0.2, -0.15) is 5.10 Å². The molecule has 1 fully saturated rings. The van der Waals surface area contributed by atoms with E-state index in [2.05, 4.69) is 31.0 Å². The van der Waals surface area contributed by atoms with Crippen LogP contribution in [0.3, 0.4) is 0 Å². The zero-order chi connectivity index (χ0) is 33.6. The number of morpholine rings is 1. The largest absolute Gasteiger partial charge is 0.492 e. The second-order valence-corrected chi connectivity index (χ2v) is 14.2. The number of rotatable bonds is 11. The third-order valence-corrected chi connectivity index (χ3v) is 8.84. The van der Waals surface area contributed by atoms with E-state index in [1.807, 2.05) is 80.7 Å². The zero-order valence-corrected chi connectivity index (χ0v) is 28.7. The summed E-state index contributed by atoms with van der Waals surface area (Å²) in [4.78, 5) is 17.6. The Kier molecular flexibility index (Phi) is 11.0. The minimum atomic E-state index is -0.198. The van der Waals surface area contributed by atoms with Gasteiger partial charge in [0.05, 0.1) is 31.0 Å². The van der Waals surface area contributed by atoms with Crippen LogP contribution in [0.1, 0.15) is 45.9 Å². The molecule has 0 saturated carbocycles. The van der Waals surface area contributed by atoms with Crippen molar-refractivity contribution >= 4 is 29.3 Å². The van der Waals surface area contributed by atoms with Crippen LogP contribution in [0.15, 0.2) is 82.7 Å². The average Bonchev–Trinajstić information content (AvgIpc) is 3.47. The molecule has 1 saturated heterocycles. The lowest BCUT2D eigenvalue weighted by molar-refractivity contribution is -0.115.